The van der Waals surface area contributed by atoms with Gasteiger partial charge in [-0.25, -0.2) is 4.98 Å². The average Bonchev–Trinajstić information content (AvgIpc) is 2.96. The minimum Gasteiger partial charge on any atom is -0.350 e. The first kappa shape index (κ1) is 20.7. The van der Waals surface area contributed by atoms with Gasteiger partial charge in [0.2, 0.25) is 5.91 Å². The molecule has 0 unspecified atom stereocenters. The summed E-state index contributed by atoms with van der Waals surface area (Å²) in [6, 6.07) is 6.03. The van der Waals surface area contributed by atoms with Crippen molar-refractivity contribution in [2.24, 2.45) is 5.92 Å². The van der Waals surface area contributed by atoms with Gasteiger partial charge in [-0.05, 0) is 57.3 Å². The Kier molecular flexibility index (Phi) is 8.53. The van der Waals surface area contributed by atoms with Crippen molar-refractivity contribution in [3.63, 3.8) is 0 Å². The quantitative estimate of drug-likeness (QED) is 0.848. The molecule has 3 heterocycles. The Morgan fingerprint density at radius 2 is 2.08 bits per heavy atom. The number of carbonyl (C=O) groups is 1. The first-order valence-corrected chi connectivity index (χ1v) is 8.13. The maximum Gasteiger partial charge on any atom is 0.220 e. The lowest BCUT2D eigenvalue weighted by Crippen LogP contribution is -2.29. The molecule has 0 spiro atoms. The van der Waals surface area contributed by atoms with E-state index < -0.39 is 0 Å². The molecule has 0 aromatic carbocycles. The van der Waals surface area contributed by atoms with Gasteiger partial charge in [-0.15, -0.1) is 24.8 Å². The van der Waals surface area contributed by atoms with Crippen molar-refractivity contribution < 1.29 is 4.79 Å². The number of piperidine rings is 1. The van der Waals surface area contributed by atoms with Gasteiger partial charge in [0.05, 0.1) is 12.2 Å². The molecule has 3 rings (SSSR count). The van der Waals surface area contributed by atoms with E-state index in [1.54, 1.807) is 0 Å². The van der Waals surface area contributed by atoms with Crippen LogP contribution in [-0.4, -0.2) is 28.4 Å². The molecule has 0 bridgehead atoms. The molecule has 0 radical (unpaired) electrons. The lowest BCUT2D eigenvalue weighted by Gasteiger charge is -2.22. The summed E-state index contributed by atoms with van der Waals surface area (Å²) >= 11 is 0. The van der Waals surface area contributed by atoms with E-state index >= 15 is 0 Å². The van der Waals surface area contributed by atoms with Gasteiger partial charge < -0.3 is 15.0 Å². The van der Waals surface area contributed by atoms with Crippen LogP contribution in [-0.2, 0) is 11.3 Å². The minimum absolute atomic E-state index is 0. The van der Waals surface area contributed by atoms with Gasteiger partial charge in [0.1, 0.15) is 5.65 Å². The van der Waals surface area contributed by atoms with E-state index in [1.165, 1.54) is 12.8 Å². The zero-order chi connectivity index (χ0) is 15.4. The molecular formula is C17H26Cl2N4O. The zero-order valence-electron chi connectivity index (χ0n) is 14.0. The molecule has 134 valence electrons. The molecule has 1 amide bonds. The number of hydrogen-bond acceptors (Lipinski definition) is 3. The topological polar surface area (TPSA) is 58.4 Å². The Balaban J connectivity index is 0.00000144. The van der Waals surface area contributed by atoms with Crippen LogP contribution in [0.3, 0.4) is 0 Å². The van der Waals surface area contributed by atoms with Crippen molar-refractivity contribution in [1.29, 1.82) is 0 Å². The van der Waals surface area contributed by atoms with Crippen LogP contribution in [0.2, 0.25) is 0 Å². The number of pyridine rings is 1. The molecule has 2 aromatic heterocycles. The standard InChI is InChI=1S/C17H24N4O.2ClH/c1-13-3-2-4-16-20-15(12-21(13)16)11-19-17(22)6-5-14-7-9-18-10-8-14;;/h2-4,12,14,18H,5-11H2,1H3,(H,19,22);2*1H. The Morgan fingerprint density at radius 1 is 1.33 bits per heavy atom. The summed E-state index contributed by atoms with van der Waals surface area (Å²) < 4.78 is 2.05. The molecular weight excluding hydrogens is 347 g/mol. The molecule has 5 nitrogen and oxygen atoms in total. The molecule has 0 aliphatic carbocycles. The highest BCUT2D eigenvalue weighted by Crippen LogP contribution is 2.17. The van der Waals surface area contributed by atoms with Gasteiger partial charge in [0, 0.05) is 18.3 Å². The summed E-state index contributed by atoms with van der Waals surface area (Å²) in [5.74, 6) is 0.831. The fourth-order valence-electron chi connectivity index (χ4n) is 3.07. The third-order valence-electron chi connectivity index (χ3n) is 4.45. The van der Waals surface area contributed by atoms with Gasteiger partial charge in [0.25, 0.3) is 0 Å². The van der Waals surface area contributed by atoms with Crippen LogP contribution in [0.15, 0.2) is 24.4 Å². The van der Waals surface area contributed by atoms with E-state index in [1.807, 2.05) is 18.3 Å². The molecule has 2 aromatic rings. The van der Waals surface area contributed by atoms with Crippen molar-refractivity contribution in [3.05, 3.63) is 35.8 Å². The summed E-state index contributed by atoms with van der Waals surface area (Å²) in [6.45, 7) is 4.74. The zero-order valence-corrected chi connectivity index (χ0v) is 15.6. The second-order valence-corrected chi connectivity index (χ2v) is 6.14. The van der Waals surface area contributed by atoms with E-state index in [4.69, 9.17) is 0 Å². The molecule has 1 aliphatic heterocycles. The number of nitrogens with zero attached hydrogens (tertiary/aromatic N) is 2. The van der Waals surface area contributed by atoms with Gasteiger partial charge in [-0.3, -0.25) is 4.79 Å². The van der Waals surface area contributed by atoms with Gasteiger partial charge >= 0.3 is 0 Å². The smallest absolute Gasteiger partial charge is 0.220 e. The van der Waals surface area contributed by atoms with Gasteiger partial charge in [-0.2, -0.15) is 0 Å². The third kappa shape index (κ3) is 5.36. The molecule has 1 aliphatic rings. The summed E-state index contributed by atoms with van der Waals surface area (Å²) in [5.41, 5.74) is 2.98. The van der Waals surface area contributed by atoms with Gasteiger partial charge in [-0.1, -0.05) is 6.07 Å². The maximum atomic E-state index is 12.0. The normalized spacial score (nSPS) is 14.7. The summed E-state index contributed by atoms with van der Waals surface area (Å²) in [4.78, 5) is 16.5. The molecule has 1 fully saturated rings. The van der Waals surface area contributed by atoms with Gasteiger partial charge in [0.15, 0.2) is 0 Å². The van der Waals surface area contributed by atoms with Crippen molar-refractivity contribution in [2.75, 3.05) is 13.1 Å². The number of hydrogen-bond donors (Lipinski definition) is 2. The Bertz CT molecular complexity index is 653. The highest BCUT2D eigenvalue weighted by atomic mass is 35.5. The highest BCUT2D eigenvalue weighted by molar-refractivity contribution is 5.85. The average molecular weight is 373 g/mol. The molecule has 0 atom stereocenters. The van der Waals surface area contributed by atoms with Crippen molar-refractivity contribution in [3.8, 4) is 0 Å². The van der Waals surface area contributed by atoms with Crippen LogP contribution in [0.25, 0.3) is 5.65 Å². The summed E-state index contributed by atoms with van der Waals surface area (Å²) in [5, 5.41) is 6.34. The van der Waals surface area contributed by atoms with E-state index in [-0.39, 0.29) is 30.7 Å². The monoisotopic (exact) mass is 372 g/mol. The van der Waals surface area contributed by atoms with E-state index in [2.05, 4.69) is 33.0 Å². The van der Waals surface area contributed by atoms with Crippen LogP contribution in [0.4, 0.5) is 0 Å². The van der Waals surface area contributed by atoms with Crippen molar-refractivity contribution in [1.82, 2.24) is 20.0 Å². The number of aryl methyl sites for hydroxylation is 1. The highest BCUT2D eigenvalue weighted by Gasteiger charge is 2.14. The summed E-state index contributed by atoms with van der Waals surface area (Å²) in [6.07, 6.45) is 6.00. The van der Waals surface area contributed by atoms with E-state index in [9.17, 15) is 4.79 Å². The fraction of sp³-hybridized carbons (Fsp3) is 0.529. The summed E-state index contributed by atoms with van der Waals surface area (Å²) in [7, 11) is 0. The molecule has 7 heteroatoms. The lowest BCUT2D eigenvalue weighted by atomic mass is 9.93. The third-order valence-corrected chi connectivity index (χ3v) is 4.45. The van der Waals surface area contributed by atoms with Crippen molar-refractivity contribution in [2.45, 2.75) is 39.2 Å². The van der Waals surface area contributed by atoms with Crippen molar-refractivity contribution >= 4 is 36.4 Å². The number of halogens is 2. The van der Waals surface area contributed by atoms with E-state index in [0.29, 0.717) is 18.9 Å². The van der Waals surface area contributed by atoms with E-state index in [0.717, 1.165) is 36.5 Å². The van der Waals surface area contributed by atoms with Crippen LogP contribution >= 0.6 is 24.8 Å². The number of nitrogens with one attached hydrogen (secondary N) is 2. The number of aromatic nitrogens is 2. The molecule has 2 N–H and O–H groups in total. The Hall–Kier alpha value is -1.30. The first-order valence-electron chi connectivity index (χ1n) is 8.13. The van der Waals surface area contributed by atoms with Crippen LogP contribution < -0.4 is 10.6 Å². The van der Waals surface area contributed by atoms with Crippen LogP contribution in [0.1, 0.15) is 37.1 Å². The lowest BCUT2D eigenvalue weighted by molar-refractivity contribution is -0.121. The number of amides is 1. The largest absolute Gasteiger partial charge is 0.350 e. The minimum atomic E-state index is 0. The SMILES string of the molecule is Cc1cccc2nc(CNC(=O)CCC3CCNCC3)cn12.Cl.Cl. The molecule has 24 heavy (non-hydrogen) atoms. The Labute approximate surface area is 155 Å². The second kappa shape index (κ2) is 9.87. The predicted molar refractivity (Wildman–Crippen MR) is 101 cm³/mol. The number of carbonyl (C=O) groups excluding carboxylic acids is 1. The van der Waals surface area contributed by atoms with Crippen LogP contribution in [0.5, 0.6) is 0 Å². The maximum absolute atomic E-state index is 12.0. The first-order chi connectivity index (χ1) is 10.7. The predicted octanol–water partition coefficient (Wildman–Crippen LogP) is 2.88. The Morgan fingerprint density at radius 3 is 2.79 bits per heavy atom. The number of imidazole rings is 1. The molecule has 1 saturated heterocycles. The fourth-order valence-corrected chi connectivity index (χ4v) is 3.07. The molecule has 0 saturated carbocycles. The number of rotatable bonds is 5. The second-order valence-electron chi connectivity index (χ2n) is 6.14. The number of fused-ring (bicyclic) bond motifs is 1. The van der Waals surface area contributed by atoms with Crippen LogP contribution in [0, 0.1) is 12.8 Å².